The number of anilines is 1. The molecule has 5 heteroatoms. The molecule has 1 unspecified atom stereocenters. The van der Waals surface area contributed by atoms with Crippen LogP contribution in [0.4, 0.5) is 5.69 Å². The number of ether oxygens (including phenoxy) is 1. The van der Waals surface area contributed by atoms with Gasteiger partial charge in [0.05, 0.1) is 13.7 Å². The van der Waals surface area contributed by atoms with E-state index in [1.54, 1.807) is 7.11 Å². The van der Waals surface area contributed by atoms with Crippen molar-refractivity contribution in [3.63, 3.8) is 0 Å². The Morgan fingerprint density at radius 3 is 2.46 bits per heavy atom. The van der Waals surface area contributed by atoms with E-state index in [-0.39, 0.29) is 0 Å². The van der Waals surface area contributed by atoms with Gasteiger partial charge in [0.1, 0.15) is 5.75 Å². The highest BCUT2D eigenvalue weighted by molar-refractivity contribution is 5.78. The lowest BCUT2D eigenvalue weighted by Gasteiger charge is -2.37. The molecule has 2 fully saturated rings. The molecule has 0 spiro atoms. The number of carbonyl (C=O) groups is 1. The first-order chi connectivity index (χ1) is 11.7. The fourth-order valence-corrected chi connectivity index (χ4v) is 3.66. The van der Waals surface area contributed by atoms with Crippen LogP contribution in [0.3, 0.4) is 0 Å². The topological polar surface area (TPSA) is 36.0 Å². The molecule has 2 aliphatic heterocycles. The molecular formula is C19H29N3O2. The highest BCUT2D eigenvalue weighted by Crippen LogP contribution is 2.21. The second kappa shape index (κ2) is 7.88. The molecule has 0 aliphatic carbocycles. The van der Waals surface area contributed by atoms with E-state index in [1.807, 2.05) is 12.1 Å². The molecular weight excluding hydrogens is 302 g/mol. The van der Waals surface area contributed by atoms with Crippen molar-refractivity contribution in [3.8, 4) is 5.75 Å². The van der Waals surface area contributed by atoms with Gasteiger partial charge >= 0.3 is 0 Å². The number of benzene rings is 1. The number of likely N-dealkylation sites (tertiary alicyclic amines) is 1. The summed E-state index contributed by atoms with van der Waals surface area (Å²) in [4.78, 5) is 19.2. The maximum absolute atomic E-state index is 12.5. The summed E-state index contributed by atoms with van der Waals surface area (Å²) in [5.41, 5.74) is 1.23. The third-order valence-corrected chi connectivity index (χ3v) is 5.18. The summed E-state index contributed by atoms with van der Waals surface area (Å²) in [7, 11) is 1.69. The fourth-order valence-electron chi connectivity index (χ4n) is 3.66. The van der Waals surface area contributed by atoms with Gasteiger partial charge in [-0.3, -0.25) is 9.69 Å². The van der Waals surface area contributed by atoms with E-state index in [0.717, 1.165) is 51.4 Å². The molecule has 3 rings (SSSR count). The van der Waals surface area contributed by atoms with Gasteiger partial charge in [0, 0.05) is 45.0 Å². The number of piperazine rings is 1. The van der Waals surface area contributed by atoms with Crippen LogP contribution in [-0.4, -0.2) is 68.6 Å². The first-order valence-electron chi connectivity index (χ1n) is 9.05. The quantitative estimate of drug-likeness (QED) is 0.846. The molecule has 2 aliphatic rings. The first-order valence-corrected chi connectivity index (χ1v) is 9.05. The zero-order valence-electron chi connectivity index (χ0n) is 14.9. The standard InChI is InChI=1S/C19H29N3O2/c1-16-4-3-9-22(14-16)19(23)15-20-10-12-21(13-11-20)17-5-7-18(24-2)8-6-17/h5-8,16H,3-4,9-15H2,1-2H3. The van der Waals surface area contributed by atoms with Crippen molar-refractivity contribution >= 4 is 11.6 Å². The molecule has 0 N–H and O–H groups in total. The van der Waals surface area contributed by atoms with Gasteiger partial charge in [-0.2, -0.15) is 0 Å². The Bertz CT molecular complexity index is 538. The normalized spacial score (nSPS) is 22.5. The molecule has 0 bridgehead atoms. The fraction of sp³-hybridized carbons (Fsp3) is 0.632. The zero-order chi connectivity index (χ0) is 16.9. The Labute approximate surface area is 145 Å². The van der Waals surface area contributed by atoms with Gasteiger partial charge < -0.3 is 14.5 Å². The molecule has 1 amide bonds. The maximum Gasteiger partial charge on any atom is 0.236 e. The number of hydrogen-bond donors (Lipinski definition) is 0. The minimum atomic E-state index is 0.305. The van der Waals surface area contributed by atoms with Crippen LogP contribution < -0.4 is 9.64 Å². The van der Waals surface area contributed by atoms with Crippen LogP contribution in [0, 0.1) is 5.92 Å². The number of piperidine rings is 1. The highest BCUT2D eigenvalue weighted by atomic mass is 16.5. The monoisotopic (exact) mass is 331 g/mol. The molecule has 1 aromatic carbocycles. The van der Waals surface area contributed by atoms with E-state index < -0.39 is 0 Å². The molecule has 0 saturated carbocycles. The van der Waals surface area contributed by atoms with Gasteiger partial charge in [-0.15, -0.1) is 0 Å². The van der Waals surface area contributed by atoms with Crippen molar-refractivity contribution in [2.24, 2.45) is 5.92 Å². The molecule has 5 nitrogen and oxygen atoms in total. The van der Waals surface area contributed by atoms with E-state index in [0.29, 0.717) is 18.4 Å². The van der Waals surface area contributed by atoms with Crippen molar-refractivity contribution in [2.75, 3.05) is 57.8 Å². The van der Waals surface area contributed by atoms with Gasteiger partial charge in [-0.1, -0.05) is 6.92 Å². The third kappa shape index (κ3) is 4.20. The van der Waals surface area contributed by atoms with E-state index in [2.05, 4.69) is 33.8 Å². The SMILES string of the molecule is COc1ccc(N2CCN(CC(=O)N3CCCC(C)C3)CC2)cc1. The number of carbonyl (C=O) groups excluding carboxylic acids is 1. The summed E-state index contributed by atoms with van der Waals surface area (Å²) in [6.45, 7) is 8.52. The van der Waals surface area contributed by atoms with Gasteiger partial charge in [0.2, 0.25) is 5.91 Å². The van der Waals surface area contributed by atoms with Crippen LogP contribution in [0.5, 0.6) is 5.75 Å². The second-order valence-corrected chi connectivity index (χ2v) is 7.05. The first kappa shape index (κ1) is 17.1. The van der Waals surface area contributed by atoms with E-state index in [1.165, 1.54) is 12.1 Å². The average molecular weight is 331 g/mol. The smallest absolute Gasteiger partial charge is 0.236 e. The summed E-state index contributed by atoms with van der Waals surface area (Å²) in [5, 5.41) is 0. The number of amides is 1. The van der Waals surface area contributed by atoms with Crippen LogP contribution in [0.1, 0.15) is 19.8 Å². The Kier molecular flexibility index (Phi) is 5.61. The summed E-state index contributed by atoms with van der Waals surface area (Å²) in [6.07, 6.45) is 2.41. The van der Waals surface area contributed by atoms with Crippen molar-refractivity contribution in [2.45, 2.75) is 19.8 Å². The Hall–Kier alpha value is -1.75. The summed E-state index contributed by atoms with van der Waals surface area (Å²) in [6, 6.07) is 8.22. The molecule has 2 saturated heterocycles. The lowest BCUT2D eigenvalue weighted by Crippen LogP contribution is -2.51. The molecule has 1 aromatic rings. The summed E-state index contributed by atoms with van der Waals surface area (Å²) >= 11 is 0. The van der Waals surface area contributed by atoms with Crippen LogP contribution in [0.2, 0.25) is 0 Å². The van der Waals surface area contributed by atoms with Crippen LogP contribution >= 0.6 is 0 Å². The Morgan fingerprint density at radius 1 is 1.12 bits per heavy atom. The largest absolute Gasteiger partial charge is 0.497 e. The molecule has 2 heterocycles. The van der Waals surface area contributed by atoms with Crippen molar-refractivity contribution < 1.29 is 9.53 Å². The Morgan fingerprint density at radius 2 is 1.83 bits per heavy atom. The van der Waals surface area contributed by atoms with Gasteiger partial charge in [-0.25, -0.2) is 0 Å². The third-order valence-electron chi connectivity index (χ3n) is 5.18. The van der Waals surface area contributed by atoms with Crippen molar-refractivity contribution in [1.82, 2.24) is 9.80 Å². The summed E-state index contributed by atoms with van der Waals surface area (Å²) < 4.78 is 5.21. The molecule has 132 valence electrons. The van der Waals surface area contributed by atoms with E-state index >= 15 is 0 Å². The lowest BCUT2D eigenvalue weighted by atomic mass is 10.0. The zero-order valence-corrected chi connectivity index (χ0v) is 14.9. The number of rotatable bonds is 4. The summed E-state index contributed by atoms with van der Waals surface area (Å²) in [5.74, 6) is 1.84. The van der Waals surface area contributed by atoms with Crippen LogP contribution in [0.15, 0.2) is 24.3 Å². The Balaban J connectivity index is 1.47. The minimum absolute atomic E-state index is 0.305. The number of hydrogen-bond acceptors (Lipinski definition) is 4. The predicted molar refractivity (Wildman–Crippen MR) is 96.6 cm³/mol. The predicted octanol–water partition coefficient (Wildman–Crippen LogP) is 2.08. The van der Waals surface area contributed by atoms with Gasteiger partial charge in [-0.05, 0) is 43.0 Å². The van der Waals surface area contributed by atoms with Crippen molar-refractivity contribution in [3.05, 3.63) is 24.3 Å². The second-order valence-electron chi connectivity index (χ2n) is 7.05. The van der Waals surface area contributed by atoms with Gasteiger partial charge in [0.25, 0.3) is 0 Å². The number of nitrogens with zero attached hydrogens (tertiary/aromatic N) is 3. The van der Waals surface area contributed by atoms with E-state index in [4.69, 9.17) is 4.74 Å². The molecule has 0 aromatic heterocycles. The minimum Gasteiger partial charge on any atom is -0.497 e. The molecule has 1 atom stereocenters. The van der Waals surface area contributed by atoms with E-state index in [9.17, 15) is 4.79 Å². The lowest BCUT2D eigenvalue weighted by molar-refractivity contribution is -0.134. The van der Waals surface area contributed by atoms with Crippen LogP contribution in [0.25, 0.3) is 0 Å². The van der Waals surface area contributed by atoms with Crippen molar-refractivity contribution in [1.29, 1.82) is 0 Å². The maximum atomic E-state index is 12.5. The average Bonchev–Trinajstić information content (AvgIpc) is 2.62. The molecule has 0 radical (unpaired) electrons. The van der Waals surface area contributed by atoms with Crippen LogP contribution in [-0.2, 0) is 4.79 Å². The van der Waals surface area contributed by atoms with Gasteiger partial charge in [0.15, 0.2) is 0 Å². The number of methoxy groups -OCH3 is 1. The molecule has 24 heavy (non-hydrogen) atoms. The highest BCUT2D eigenvalue weighted by Gasteiger charge is 2.24.